The number of hydrogen-bond acceptors (Lipinski definition) is 6. The van der Waals surface area contributed by atoms with E-state index in [4.69, 9.17) is 21.1 Å². The summed E-state index contributed by atoms with van der Waals surface area (Å²) in [7, 11) is 1.94. The van der Waals surface area contributed by atoms with Gasteiger partial charge in [-0.3, -0.25) is 4.57 Å². The quantitative estimate of drug-likeness (QED) is 0.564. The molecule has 2 aromatic carbocycles. The van der Waals surface area contributed by atoms with Crippen LogP contribution in [0, 0.1) is 17.1 Å². The third kappa shape index (κ3) is 4.39. The Hall–Kier alpha value is -3.57. The molecule has 0 aliphatic carbocycles. The van der Waals surface area contributed by atoms with Crippen molar-refractivity contribution in [2.24, 2.45) is 0 Å². The van der Waals surface area contributed by atoms with Crippen molar-refractivity contribution in [1.82, 2.24) is 9.55 Å². The van der Waals surface area contributed by atoms with Crippen molar-refractivity contribution in [3.8, 4) is 23.4 Å². The zero-order valence-electron chi connectivity index (χ0n) is 17.5. The van der Waals surface area contributed by atoms with E-state index >= 15 is 0 Å². The van der Waals surface area contributed by atoms with E-state index in [0.29, 0.717) is 29.6 Å². The van der Waals surface area contributed by atoms with Gasteiger partial charge < -0.3 is 14.4 Å². The molecule has 0 N–H and O–H groups in total. The normalized spacial score (nSPS) is 15.1. The molecule has 0 amide bonds. The zero-order chi connectivity index (χ0) is 22.8. The Bertz CT molecular complexity index is 1270. The Morgan fingerprint density at radius 3 is 2.84 bits per heavy atom. The second kappa shape index (κ2) is 8.89. The summed E-state index contributed by atoms with van der Waals surface area (Å²) in [4.78, 5) is 18.4. The third-order valence-electron chi connectivity index (χ3n) is 5.43. The average molecular weight is 455 g/mol. The van der Waals surface area contributed by atoms with Crippen LogP contribution in [0.3, 0.4) is 0 Å². The van der Waals surface area contributed by atoms with Crippen LogP contribution in [-0.2, 0) is 13.2 Å². The molecule has 0 spiro atoms. The molecule has 0 unspecified atom stereocenters. The Morgan fingerprint density at radius 2 is 2.09 bits per heavy atom. The Labute approximate surface area is 189 Å². The maximum Gasteiger partial charge on any atom is 0.352 e. The molecule has 1 aliphatic rings. The van der Waals surface area contributed by atoms with Crippen LogP contribution in [0.15, 0.2) is 47.3 Å². The van der Waals surface area contributed by atoms with Gasteiger partial charge in [-0.2, -0.15) is 10.2 Å². The molecular formula is C23H20ClFN4O3. The zero-order valence-corrected chi connectivity index (χ0v) is 18.3. The molecule has 164 valence electrons. The Kier molecular flexibility index (Phi) is 6.01. The molecule has 7 nitrogen and oxygen atoms in total. The number of aromatic nitrogens is 2. The second-order valence-corrected chi connectivity index (χ2v) is 7.95. The lowest BCUT2D eigenvalue weighted by molar-refractivity contribution is 0.289. The van der Waals surface area contributed by atoms with Crippen molar-refractivity contribution in [1.29, 1.82) is 5.26 Å². The lowest BCUT2D eigenvalue weighted by Crippen LogP contribution is -2.41. The first-order valence-corrected chi connectivity index (χ1v) is 10.4. The topological polar surface area (TPSA) is 80.4 Å². The number of rotatable bonds is 5. The van der Waals surface area contributed by atoms with E-state index < -0.39 is 5.82 Å². The summed E-state index contributed by atoms with van der Waals surface area (Å²) in [5.41, 5.74) is 0.627. The number of anilines is 1. The number of halogens is 2. The highest BCUT2D eigenvalue weighted by Crippen LogP contribution is 2.29. The van der Waals surface area contributed by atoms with Crippen LogP contribution in [-0.4, -0.2) is 22.6 Å². The minimum Gasteiger partial charge on any atom is -0.473 e. The van der Waals surface area contributed by atoms with Gasteiger partial charge in [-0.05, 0) is 43.2 Å². The van der Waals surface area contributed by atoms with E-state index in [2.05, 4.69) is 18.0 Å². The Morgan fingerprint density at radius 1 is 1.28 bits per heavy atom. The molecule has 0 saturated heterocycles. The fourth-order valence-electron chi connectivity index (χ4n) is 3.45. The van der Waals surface area contributed by atoms with Crippen LogP contribution in [0.25, 0.3) is 0 Å². The summed E-state index contributed by atoms with van der Waals surface area (Å²) in [5.74, 6) is 1.05. The highest BCUT2D eigenvalue weighted by molar-refractivity contribution is 6.30. The van der Waals surface area contributed by atoms with Gasteiger partial charge in [-0.25, -0.2) is 9.18 Å². The molecule has 2 heterocycles. The van der Waals surface area contributed by atoms with Gasteiger partial charge in [-0.15, -0.1) is 0 Å². The predicted molar refractivity (Wildman–Crippen MR) is 118 cm³/mol. The molecule has 0 bridgehead atoms. The number of hydrogen-bond donors (Lipinski definition) is 0. The van der Waals surface area contributed by atoms with Crippen molar-refractivity contribution in [3.63, 3.8) is 0 Å². The summed E-state index contributed by atoms with van der Waals surface area (Å²) in [6, 6.07) is 13.1. The first kappa shape index (κ1) is 21.7. The fourth-order valence-corrected chi connectivity index (χ4v) is 3.62. The second-order valence-electron chi connectivity index (χ2n) is 7.54. The minimum atomic E-state index is -0.553. The van der Waals surface area contributed by atoms with Gasteiger partial charge in [0.05, 0.1) is 10.6 Å². The van der Waals surface area contributed by atoms with Crippen LogP contribution < -0.4 is 20.1 Å². The van der Waals surface area contributed by atoms with E-state index in [0.717, 1.165) is 12.2 Å². The predicted octanol–water partition coefficient (Wildman–Crippen LogP) is 4.51. The summed E-state index contributed by atoms with van der Waals surface area (Å²) >= 11 is 5.78. The van der Waals surface area contributed by atoms with Gasteiger partial charge in [0.2, 0.25) is 5.88 Å². The van der Waals surface area contributed by atoms with Crippen LogP contribution in [0.5, 0.6) is 17.4 Å². The maximum absolute atomic E-state index is 13.3. The van der Waals surface area contributed by atoms with Crippen molar-refractivity contribution in [3.05, 3.63) is 74.9 Å². The van der Waals surface area contributed by atoms with Crippen molar-refractivity contribution < 1.29 is 13.9 Å². The van der Waals surface area contributed by atoms with Gasteiger partial charge in [-0.1, -0.05) is 17.7 Å². The molecule has 9 heteroatoms. The molecule has 1 aliphatic heterocycles. The largest absolute Gasteiger partial charge is 0.473 e. The average Bonchev–Trinajstić information content (AvgIpc) is 2.78. The third-order valence-corrected chi connectivity index (χ3v) is 5.72. The van der Waals surface area contributed by atoms with Crippen molar-refractivity contribution in [2.45, 2.75) is 32.5 Å². The molecule has 0 fully saturated rings. The summed E-state index contributed by atoms with van der Waals surface area (Å²) < 4.78 is 26.4. The first-order valence-electron chi connectivity index (χ1n) is 9.99. The summed E-state index contributed by atoms with van der Waals surface area (Å²) in [6.45, 7) is 2.84. The smallest absolute Gasteiger partial charge is 0.352 e. The Balaban J connectivity index is 1.51. The SMILES string of the molecule is C[C@@H]1CCn2c(cc(OCc3ccc(Oc4ccc(F)c(Cl)c4)c(C#N)c3)nc2=O)N1C. The summed E-state index contributed by atoms with van der Waals surface area (Å²) in [5, 5.41) is 9.44. The number of ether oxygens (including phenoxy) is 2. The van der Waals surface area contributed by atoms with Gasteiger partial charge >= 0.3 is 5.69 Å². The fraction of sp³-hybridized carbons (Fsp3) is 0.261. The van der Waals surface area contributed by atoms with Crippen molar-refractivity contribution in [2.75, 3.05) is 11.9 Å². The highest BCUT2D eigenvalue weighted by atomic mass is 35.5. The molecule has 1 aromatic heterocycles. The van der Waals surface area contributed by atoms with Crippen LogP contribution in [0.1, 0.15) is 24.5 Å². The molecule has 0 radical (unpaired) electrons. The number of fused-ring (bicyclic) bond motifs is 1. The van der Waals surface area contributed by atoms with E-state index in [1.165, 1.54) is 18.2 Å². The van der Waals surface area contributed by atoms with E-state index in [-0.39, 0.29) is 28.8 Å². The van der Waals surface area contributed by atoms with Gasteiger partial charge in [0.25, 0.3) is 0 Å². The molecule has 3 aromatic rings. The van der Waals surface area contributed by atoms with E-state index in [1.807, 2.05) is 11.9 Å². The van der Waals surface area contributed by atoms with Crippen LogP contribution >= 0.6 is 11.6 Å². The maximum atomic E-state index is 13.3. The number of nitriles is 1. The highest BCUT2D eigenvalue weighted by Gasteiger charge is 2.22. The lowest BCUT2D eigenvalue weighted by Gasteiger charge is -2.34. The number of benzene rings is 2. The molecular weight excluding hydrogens is 435 g/mol. The standard InChI is InChI=1S/C23H20ClFN4O3/c1-14-7-8-29-22(28(14)2)11-21(27-23(29)30)31-13-15-3-6-20(16(9-15)12-26)32-17-4-5-19(25)18(24)10-17/h3-6,9-11,14H,7-8,13H2,1-2H3/t14-/m1/s1. The van der Waals surface area contributed by atoms with Gasteiger partial charge in [0.15, 0.2) is 0 Å². The van der Waals surface area contributed by atoms with Gasteiger partial charge in [0.1, 0.15) is 35.8 Å². The molecule has 0 saturated carbocycles. The van der Waals surface area contributed by atoms with Crippen LogP contribution in [0.4, 0.5) is 10.2 Å². The lowest BCUT2D eigenvalue weighted by atomic mass is 10.1. The van der Waals surface area contributed by atoms with Gasteiger partial charge in [0, 0.05) is 31.8 Å². The van der Waals surface area contributed by atoms with E-state index in [9.17, 15) is 14.4 Å². The first-order chi connectivity index (χ1) is 15.4. The molecule has 1 atom stereocenters. The minimum absolute atomic E-state index is 0.0699. The number of nitrogens with zero attached hydrogens (tertiary/aromatic N) is 4. The van der Waals surface area contributed by atoms with Crippen molar-refractivity contribution >= 4 is 17.4 Å². The van der Waals surface area contributed by atoms with E-state index in [1.54, 1.807) is 28.8 Å². The van der Waals surface area contributed by atoms with Crippen LogP contribution in [0.2, 0.25) is 5.02 Å². The summed E-state index contributed by atoms with van der Waals surface area (Å²) in [6.07, 6.45) is 0.876. The molecule has 4 rings (SSSR count). The molecule has 32 heavy (non-hydrogen) atoms. The monoisotopic (exact) mass is 454 g/mol.